The molecule has 0 unspecified atom stereocenters. The molecule has 0 saturated carbocycles. The first-order chi connectivity index (χ1) is 11.9. The third-order valence-corrected chi connectivity index (χ3v) is 4.21. The number of ether oxygens (including phenoxy) is 1. The predicted octanol–water partition coefficient (Wildman–Crippen LogP) is 1.26. The molecule has 0 radical (unpaired) electrons. The largest absolute Gasteiger partial charge is 0.375 e. The lowest BCUT2D eigenvalue weighted by molar-refractivity contribution is 0.0529. The maximum Gasteiger partial charge on any atom is 0.259 e. The van der Waals surface area contributed by atoms with E-state index in [9.17, 15) is 9.59 Å². The second-order valence-corrected chi connectivity index (χ2v) is 6.36. The lowest BCUT2D eigenvalue weighted by Gasteiger charge is -2.32. The molecule has 2 aromatic rings. The van der Waals surface area contributed by atoms with Crippen molar-refractivity contribution in [2.45, 2.75) is 13.0 Å². The number of hydrogen-bond acceptors (Lipinski definition) is 5. The number of carbonyl (C=O) groups excluding carboxylic acids is 1. The van der Waals surface area contributed by atoms with E-state index in [2.05, 4.69) is 11.6 Å². The van der Waals surface area contributed by atoms with E-state index in [1.165, 1.54) is 21.6 Å². The van der Waals surface area contributed by atoms with Crippen LogP contribution >= 0.6 is 0 Å². The van der Waals surface area contributed by atoms with Crippen LogP contribution in [-0.2, 0) is 4.74 Å². The highest BCUT2D eigenvalue weighted by Crippen LogP contribution is 2.18. The lowest BCUT2D eigenvalue weighted by atomic mass is 10.1. The average molecular weight is 342 g/mol. The van der Waals surface area contributed by atoms with Crippen molar-refractivity contribution in [2.75, 3.05) is 38.7 Å². The normalized spacial score (nSPS) is 17.6. The molecule has 25 heavy (non-hydrogen) atoms. The smallest absolute Gasteiger partial charge is 0.259 e. The van der Waals surface area contributed by atoms with E-state index in [0.717, 1.165) is 0 Å². The van der Waals surface area contributed by atoms with Gasteiger partial charge in [0.2, 0.25) is 0 Å². The molecule has 0 bridgehead atoms. The van der Waals surface area contributed by atoms with Crippen molar-refractivity contribution < 1.29 is 9.53 Å². The number of nitrogens with zero attached hydrogens (tertiary/aromatic N) is 4. The summed E-state index contributed by atoms with van der Waals surface area (Å²) < 4.78 is 6.95. The van der Waals surface area contributed by atoms with Crippen molar-refractivity contribution in [3.63, 3.8) is 0 Å². The van der Waals surface area contributed by atoms with E-state index in [0.29, 0.717) is 42.3 Å². The van der Waals surface area contributed by atoms with E-state index in [1.54, 1.807) is 26.2 Å². The highest BCUT2D eigenvalue weighted by atomic mass is 16.5. The summed E-state index contributed by atoms with van der Waals surface area (Å²) in [7, 11) is 3.34. The van der Waals surface area contributed by atoms with Crippen LogP contribution in [0.5, 0.6) is 0 Å². The van der Waals surface area contributed by atoms with Crippen LogP contribution in [-0.4, -0.2) is 60.1 Å². The summed E-state index contributed by atoms with van der Waals surface area (Å²) >= 11 is 0. The van der Waals surface area contributed by atoms with Gasteiger partial charge < -0.3 is 14.5 Å². The number of pyridine rings is 1. The first kappa shape index (κ1) is 17.2. The summed E-state index contributed by atoms with van der Waals surface area (Å²) in [6, 6.07) is 3.21. The van der Waals surface area contributed by atoms with Gasteiger partial charge in [-0.05, 0) is 13.0 Å². The maximum atomic E-state index is 12.6. The van der Waals surface area contributed by atoms with Crippen LogP contribution in [0.1, 0.15) is 22.8 Å². The van der Waals surface area contributed by atoms with Crippen LogP contribution in [0.4, 0.5) is 5.82 Å². The molecule has 1 aliphatic rings. The quantitative estimate of drug-likeness (QED) is 0.840. The zero-order valence-electron chi connectivity index (χ0n) is 14.7. The number of morpholine rings is 1. The second kappa shape index (κ2) is 6.68. The Kier molecular flexibility index (Phi) is 4.59. The number of carbonyl (C=O) groups is 1. The van der Waals surface area contributed by atoms with Gasteiger partial charge in [-0.2, -0.15) is 0 Å². The summed E-state index contributed by atoms with van der Waals surface area (Å²) in [5, 5.41) is 0. The lowest BCUT2D eigenvalue weighted by Crippen LogP contribution is -2.42. The SMILES string of the molecule is C=Cc1cc(C(=O)N(C)C)cn2c(=O)cc(N3CCO[C@H](C)C3)nc12. The predicted molar refractivity (Wildman–Crippen MR) is 97.2 cm³/mol. The Labute approximate surface area is 146 Å². The number of anilines is 1. The van der Waals surface area contributed by atoms with Gasteiger partial charge in [0.15, 0.2) is 0 Å². The third-order valence-electron chi connectivity index (χ3n) is 4.21. The molecule has 0 aliphatic carbocycles. The molecule has 0 N–H and O–H groups in total. The first-order valence-electron chi connectivity index (χ1n) is 8.19. The molecular formula is C18H22N4O3. The molecule has 0 aromatic carbocycles. The van der Waals surface area contributed by atoms with Gasteiger partial charge in [-0.25, -0.2) is 4.98 Å². The molecule has 1 aliphatic heterocycles. The topological polar surface area (TPSA) is 67.2 Å². The Hall–Kier alpha value is -2.67. The summed E-state index contributed by atoms with van der Waals surface area (Å²) in [5.74, 6) is 0.443. The van der Waals surface area contributed by atoms with Crippen LogP contribution in [0.25, 0.3) is 11.7 Å². The number of amides is 1. The molecule has 3 heterocycles. The fourth-order valence-corrected chi connectivity index (χ4v) is 2.93. The molecule has 0 spiro atoms. The van der Waals surface area contributed by atoms with Gasteiger partial charge in [0.25, 0.3) is 11.5 Å². The van der Waals surface area contributed by atoms with Gasteiger partial charge >= 0.3 is 0 Å². The summed E-state index contributed by atoms with van der Waals surface area (Å²) in [4.78, 5) is 33.1. The number of rotatable bonds is 3. The van der Waals surface area contributed by atoms with E-state index in [4.69, 9.17) is 4.74 Å². The standard InChI is InChI=1S/C18H22N4O3/c1-5-13-8-14(18(24)20(3)4)11-22-16(23)9-15(19-17(13)22)21-6-7-25-12(2)10-21/h5,8-9,11-12H,1,6-7,10H2,2-4H3/t12-/m1/s1. The third kappa shape index (κ3) is 3.28. The van der Waals surface area contributed by atoms with Crippen LogP contribution in [0.2, 0.25) is 0 Å². The Bertz CT molecular complexity index is 888. The molecule has 1 atom stereocenters. The molecular weight excluding hydrogens is 320 g/mol. The first-order valence-corrected chi connectivity index (χ1v) is 8.19. The fraction of sp³-hybridized carbons (Fsp3) is 0.389. The fourth-order valence-electron chi connectivity index (χ4n) is 2.93. The number of hydrogen-bond donors (Lipinski definition) is 0. The molecule has 1 saturated heterocycles. The minimum atomic E-state index is -0.226. The van der Waals surface area contributed by atoms with Crippen LogP contribution in [0.15, 0.2) is 29.7 Å². The van der Waals surface area contributed by atoms with Gasteiger partial charge in [0.1, 0.15) is 11.5 Å². The second-order valence-electron chi connectivity index (χ2n) is 6.36. The number of aromatic nitrogens is 2. The van der Waals surface area contributed by atoms with Crippen molar-refractivity contribution >= 4 is 23.4 Å². The average Bonchev–Trinajstić information content (AvgIpc) is 2.60. The number of fused-ring (bicyclic) bond motifs is 1. The molecule has 7 nitrogen and oxygen atoms in total. The Morgan fingerprint density at radius 1 is 1.44 bits per heavy atom. The molecule has 3 rings (SSSR count). The molecule has 2 aromatic heterocycles. The summed E-state index contributed by atoms with van der Waals surface area (Å²) in [6.07, 6.45) is 3.24. The summed E-state index contributed by atoms with van der Waals surface area (Å²) in [6.45, 7) is 7.77. The Morgan fingerprint density at radius 3 is 2.84 bits per heavy atom. The van der Waals surface area contributed by atoms with Crippen LogP contribution in [0.3, 0.4) is 0 Å². The van der Waals surface area contributed by atoms with Crippen LogP contribution < -0.4 is 10.5 Å². The van der Waals surface area contributed by atoms with Gasteiger partial charge in [0, 0.05) is 45.0 Å². The van der Waals surface area contributed by atoms with Crippen molar-refractivity contribution in [3.05, 3.63) is 46.4 Å². The van der Waals surface area contributed by atoms with Gasteiger partial charge in [-0.1, -0.05) is 12.7 Å². The van der Waals surface area contributed by atoms with Crippen molar-refractivity contribution in [2.24, 2.45) is 0 Å². The van der Waals surface area contributed by atoms with E-state index >= 15 is 0 Å². The minimum absolute atomic E-state index is 0.0907. The van der Waals surface area contributed by atoms with Crippen LogP contribution in [0, 0.1) is 0 Å². The van der Waals surface area contributed by atoms with E-state index < -0.39 is 0 Å². The zero-order valence-corrected chi connectivity index (χ0v) is 14.7. The monoisotopic (exact) mass is 342 g/mol. The van der Waals surface area contributed by atoms with Gasteiger partial charge in [0.05, 0.1) is 18.3 Å². The van der Waals surface area contributed by atoms with Crippen molar-refractivity contribution in [1.29, 1.82) is 0 Å². The van der Waals surface area contributed by atoms with Gasteiger partial charge in [-0.15, -0.1) is 0 Å². The molecule has 7 heteroatoms. The molecule has 1 amide bonds. The van der Waals surface area contributed by atoms with Crippen molar-refractivity contribution in [3.8, 4) is 0 Å². The van der Waals surface area contributed by atoms with E-state index in [1.807, 2.05) is 11.8 Å². The Balaban J connectivity index is 2.14. The van der Waals surface area contributed by atoms with E-state index in [-0.39, 0.29) is 17.6 Å². The molecule has 1 fully saturated rings. The highest BCUT2D eigenvalue weighted by molar-refractivity contribution is 5.95. The summed E-state index contributed by atoms with van der Waals surface area (Å²) in [5.41, 5.74) is 1.33. The zero-order chi connectivity index (χ0) is 18.1. The maximum absolute atomic E-state index is 12.6. The Morgan fingerprint density at radius 2 is 2.20 bits per heavy atom. The molecule has 132 valence electrons. The van der Waals surface area contributed by atoms with Gasteiger partial charge in [-0.3, -0.25) is 14.0 Å². The highest BCUT2D eigenvalue weighted by Gasteiger charge is 2.20. The minimum Gasteiger partial charge on any atom is -0.375 e. The van der Waals surface area contributed by atoms with Crippen molar-refractivity contribution in [1.82, 2.24) is 14.3 Å².